The Balaban J connectivity index is 1.75. The second-order valence-electron chi connectivity index (χ2n) is 4.82. The molecule has 2 heterocycles. The average Bonchev–Trinajstić information content (AvgIpc) is 2.73. The Labute approximate surface area is 110 Å². The number of anilines is 1. The minimum Gasteiger partial charge on any atom is -0.353 e. The van der Waals surface area contributed by atoms with E-state index in [0.717, 1.165) is 0 Å². The van der Waals surface area contributed by atoms with Crippen molar-refractivity contribution >= 4 is 26.8 Å². The van der Waals surface area contributed by atoms with E-state index in [9.17, 15) is 12.8 Å². The van der Waals surface area contributed by atoms with Crippen LogP contribution in [0.15, 0.2) is 18.2 Å². The molecule has 1 aliphatic rings. The summed E-state index contributed by atoms with van der Waals surface area (Å²) in [5, 5.41) is 3.17. The SMILES string of the molecule is O=S1(=O)CCC(Nc2nc3ccc(F)cc3[nH]2)CC1. The molecule has 0 unspecified atom stereocenters. The van der Waals surface area contributed by atoms with Crippen molar-refractivity contribution in [1.82, 2.24) is 9.97 Å². The van der Waals surface area contributed by atoms with Crippen molar-refractivity contribution in [3.8, 4) is 0 Å². The highest BCUT2D eigenvalue weighted by Crippen LogP contribution is 2.19. The standard InChI is InChI=1S/C12H14FN3O2S/c13-8-1-2-10-11(7-8)16-12(15-10)14-9-3-5-19(17,18)6-4-9/h1-2,7,9H,3-6H2,(H2,14,15,16). The topological polar surface area (TPSA) is 74.8 Å². The number of H-pyrrole nitrogens is 1. The van der Waals surface area contributed by atoms with Crippen LogP contribution in [0.2, 0.25) is 0 Å². The highest BCUT2D eigenvalue weighted by molar-refractivity contribution is 7.91. The van der Waals surface area contributed by atoms with Gasteiger partial charge >= 0.3 is 0 Å². The van der Waals surface area contributed by atoms with Crippen LogP contribution in [0, 0.1) is 5.82 Å². The van der Waals surface area contributed by atoms with Gasteiger partial charge in [0, 0.05) is 6.04 Å². The van der Waals surface area contributed by atoms with Crippen molar-refractivity contribution in [2.45, 2.75) is 18.9 Å². The largest absolute Gasteiger partial charge is 0.353 e. The first-order valence-corrected chi connectivity index (χ1v) is 7.96. The summed E-state index contributed by atoms with van der Waals surface area (Å²) in [5.41, 5.74) is 1.32. The number of hydrogen-bond donors (Lipinski definition) is 2. The molecule has 0 atom stereocenters. The summed E-state index contributed by atoms with van der Waals surface area (Å²) in [6.45, 7) is 0. The van der Waals surface area contributed by atoms with Gasteiger partial charge in [-0.2, -0.15) is 0 Å². The molecule has 0 spiro atoms. The summed E-state index contributed by atoms with van der Waals surface area (Å²) < 4.78 is 35.7. The second-order valence-corrected chi connectivity index (χ2v) is 7.12. The molecule has 7 heteroatoms. The Bertz CT molecular complexity index is 697. The van der Waals surface area contributed by atoms with Crippen LogP contribution in [0.4, 0.5) is 10.3 Å². The molecular weight excluding hydrogens is 269 g/mol. The Kier molecular flexibility index (Phi) is 2.93. The first-order chi connectivity index (χ1) is 9.02. The van der Waals surface area contributed by atoms with E-state index >= 15 is 0 Å². The van der Waals surface area contributed by atoms with Gasteiger partial charge in [0.25, 0.3) is 0 Å². The zero-order chi connectivity index (χ0) is 13.5. The fraction of sp³-hybridized carbons (Fsp3) is 0.417. The van der Waals surface area contributed by atoms with Gasteiger partial charge in [-0.3, -0.25) is 0 Å². The van der Waals surface area contributed by atoms with Gasteiger partial charge < -0.3 is 10.3 Å². The number of hydrogen-bond acceptors (Lipinski definition) is 4. The lowest BCUT2D eigenvalue weighted by Gasteiger charge is -2.22. The molecule has 0 saturated carbocycles. The van der Waals surface area contributed by atoms with Gasteiger partial charge in [-0.05, 0) is 31.0 Å². The van der Waals surface area contributed by atoms with Crippen LogP contribution in [0.5, 0.6) is 0 Å². The van der Waals surface area contributed by atoms with E-state index in [2.05, 4.69) is 15.3 Å². The number of sulfone groups is 1. The highest BCUT2D eigenvalue weighted by Gasteiger charge is 2.23. The lowest BCUT2D eigenvalue weighted by atomic mass is 10.2. The van der Waals surface area contributed by atoms with E-state index < -0.39 is 9.84 Å². The number of nitrogens with one attached hydrogen (secondary N) is 2. The molecule has 1 aromatic heterocycles. The van der Waals surface area contributed by atoms with Gasteiger partial charge in [-0.25, -0.2) is 17.8 Å². The minimum atomic E-state index is -2.86. The van der Waals surface area contributed by atoms with Crippen molar-refractivity contribution in [3.63, 3.8) is 0 Å². The molecule has 1 aliphatic heterocycles. The average molecular weight is 283 g/mol. The number of aromatic amines is 1. The molecular formula is C12H14FN3O2S. The highest BCUT2D eigenvalue weighted by atomic mass is 32.2. The van der Waals surface area contributed by atoms with E-state index in [-0.39, 0.29) is 23.4 Å². The number of halogens is 1. The van der Waals surface area contributed by atoms with Crippen LogP contribution in [-0.4, -0.2) is 35.9 Å². The molecule has 0 radical (unpaired) electrons. The van der Waals surface area contributed by atoms with Crippen molar-refractivity contribution in [1.29, 1.82) is 0 Å². The fourth-order valence-electron chi connectivity index (χ4n) is 2.28. The molecule has 2 aromatic rings. The number of aromatic nitrogens is 2. The lowest BCUT2D eigenvalue weighted by molar-refractivity contribution is 0.558. The van der Waals surface area contributed by atoms with Gasteiger partial charge in [0.2, 0.25) is 5.95 Å². The Morgan fingerprint density at radius 1 is 1.32 bits per heavy atom. The maximum Gasteiger partial charge on any atom is 0.201 e. The van der Waals surface area contributed by atoms with Crippen LogP contribution in [0.1, 0.15) is 12.8 Å². The Morgan fingerprint density at radius 2 is 2.05 bits per heavy atom. The maximum absolute atomic E-state index is 13.1. The minimum absolute atomic E-state index is 0.0916. The van der Waals surface area contributed by atoms with Crippen molar-refractivity contribution < 1.29 is 12.8 Å². The Morgan fingerprint density at radius 3 is 2.79 bits per heavy atom. The maximum atomic E-state index is 13.1. The Hall–Kier alpha value is -1.63. The monoisotopic (exact) mass is 283 g/mol. The van der Waals surface area contributed by atoms with Gasteiger partial charge in [0.15, 0.2) is 0 Å². The van der Waals surface area contributed by atoms with E-state index in [0.29, 0.717) is 29.8 Å². The summed E-state index contributed by atoms with van der Waals surface area (Å²) >= 11 is 0. The number of imidazole rings is 1. The summed E-state index contributed by atoms with van der Waals surface area (Å²) in [6, 6.07) is 4.45. The molecule has 102 valence electrons. The molecule has 2 N–H and O–H groups in total. The number of nitrogens with zero attached hydrogens (tertiary/aromatic N) is 1. The number of rotatable bonds is 2. The predicted molar refractivity (Wildman–Crippen MR) is 71.4 cm³/mol. The molecule has 5 nitrogen and oxygen atoms in total. The van der Waals surface area contributed by atoms with Gasteiger partial charge in [0.05, 0.1) is 22.5 Å². The number of fused-ring (bicyclic) bond motifs is 1. The summed E-state index contributed by atoms with van der Waals surface area (Å²) in [4.78, 5) is 7.29. The second kappa shape index (κ2) is 4.48. The van der Waals surface area contributed by atoms with E-state index in [1.54, 1.807) is 6.07 Å². The zero-order valence-electron chi connectivity index (χ0n) is 10.2. The quantitative estimate of drug-likeness (QED) is 0.879. The third kappa shape index (κ3) is 2.70. The summed E-state index contributed by atoms with van der Waals surface area (Å²) in [6.07, 6.45) is 1.15. The molecule has 0 bridgehead atoms. The van der Waals surface area contributed by atoms with Crippen molar-refractivity contribution in [2.24, 2.45) is 0 Å². The third-order valence-corrected chi connectivity index (χ3v) is 5.05. The van der Waals surface area contributed by atoms with Crippen LogP contribution in [-0.2, 0) is 9.84 Å². The molecule has 1 saturated heterocycles. The molecule has 0 amide bonds. The van der Waals surface area contributed by atoms with Gasteiger partial charge in [-0.1, -0.05) is 0 Å². The van der Waals surface area contributed by atoms with E-state index in [1.807, 2.05) is 0 Å². The zero-order valence-corrected chi connectivity index (χ0v) is 11.0. The lowest BCUT2D eigenvalue weighted by Crippen LogP contribution is -2.32. The molecule has 1 aromatic carbocycles. The van der Waals surface area contributed by atoms with Gasteiger partial charge in [-0.15, -0.1) is 0 Å². The smallest absolute Gasteiger partial charge is 0.201 e. The van der Waals surface area contributed by atoms with E-state index in [4.69, 9.17) is 0 Å². The van der Waals surface area contributed by atoms with Crippen LogP contribution < -0.4 is 5.32 Å². The van der Waals surface area contributed by atoms with Crippen LogP contribution in [0.25, 0.3) is 11.0 Å². The van der Waals surface area contributed by atoms with Crippen LogP contribution >= 0.6 is 0 Å². The third-order valence-electron chi connectivity index (χ3n) is 3.34. The first kappa shape index (κ1) is 12.4. The fourth-order valence-corrected chi connectivity index (χ4v) is 3.77. The normalized spacial score (nSPS) is 19.6. The predicted octanol–water partition coefficient (Wildman–Crippen LogP) is 1.69. The molecule has 19 heavy (non-hydrogen) atoms. The van der Waals surface area contributed by atoms with Crippen LogP contribution in [0.3, 0.4) is 0 Å². The molecule has 0 aliphatic carbocycles. The number of benzene rings is 1. The van der Waals surface area contributed by atoms with Crippen molar-refractivity contribution in [2.75, 3.05) is 16.8 Å². The first-order valence-electron chi connectivity index (χ1n) is 6.14. The van der Waals surface area contributed by atoms with E-state index in [1.165, 1.54) is 12.1 Å². The molecule has 3 rings (SSSR count). The summed E-state index contributed by atoms with van der Waals surface area (Å²) in [5.74, 6) is 0.662. The van der Waals surface area contributed by atoms with Crippen molar-refractivity contribution in [3.05, 3.63) is 24.0 Å². The summed E-state index contributed by atoms with van der Waals surface area (Å²) in [7, 11) is -2.86. The van der Waals surface area contributed by atoms with Gasteiger partial charge in [0.1, 0.15) is 15.7 Å². The molecule has 1 fully saturated rings.